The van der Waals surface area contributed by atoms with Gasteiger partial charge in [0.05, 0.1) is 11.3 Å². The molecule has 2 aromatic rings. The van der Waals surface area contributed by atoms with Crippen LogP contribution in [0.15, 0.2) is 48.5 Å². The third-order valence-electron chi connectivity index (χ3n) is 3.20. The molecule has 0 radical (unpaired) electrons. The highest BCUT2D eigenvalue weighted by atomic mass is 19.4. The molecule has 0 atom stereocenters. The van der Waals surface area contributed by atoms with Crippen molar-refractivity contribution < 1.29 is 47.3 Å². The van der Waals surface area contributed by atoms with Crippen LogP contribution in [0.25, 0.3) is 0 Å². The lowest BCUT2D eigenvalue weighted by Gasteiger charge is -2.10. The lowest BCUT2D eigenvalue weighted by atomic mass is 10.1. The number of halogens is 3. The van der Waals surface area contributed by atoms with E-state index in [1.54, 1.807) is 36.4 Å². The summed E-state index contributed by atoms with van der Waals surface area (Å²) in [5.74, 6) is -6.20. The molecule has 9 nitrogen and oxygen atoms in total. The lowest BCUT2D eigenvalue weighted by Crippen LogP contribution is -2.22. The van der Waals surface area contributed by atoms with Crippen molar-refractivity contribution in [2.75, 3.05) is 5.32 Å². The molecule has 0 aliphatic heterocycles. The maximum Gasteiger partial charge on any atom is 0.490 e. The Balaban J connectivity index is 0.000000553. The standard InChI is InChI=1S/C16H14N2O5.C2HF3O2/c17-9-10-5-7-11(8-6-10)16(22)23-13-4-2-1-3-12(13)18-14(19)15(20)21;3-2(4,5)1(6)7/h1-8H,9,17H2,(H,18,19)(H,20,21);(H,6,7). The zero-order chi connectivity index (χ0) is 22.9. The summed E-state index contributed by atoms with van der Waals surface area (Å²) in [5.41, 5.74) is 6.75. The van der Waals surface area contributed by atoms with Crippen LogP contribution in [0.5, 0.6) is 5.75 Å². The first-order chi connectivity index (χ1) is 14.0. The molecule has 0 aliphatic rings. The smallest absolute Gasteiger partial charge is 0.475 e. The van der Waals surface area contributed by atoms with E-state index in [0.29, 0.717) is 12.1 Å². The molecule has 0 spiro atoms. The molecule has 160 valence electrons. The number of rotatable bonds is 4. The first kappa shape index (κ1) is 24.1. The van der Waals surface area contributed by atoms with E-state index in [0.717, 1.165) is 5.56 Å². The summed E-state index contributed by atoms with van der Waals surface area (Å²) in [6.07, 6.45) is -5.08. The summed E-state index contributed by atoms with van der Waals surface area (Å²) in [6, 6.07) is 12.6. The van der Waals surface area contributed by atoms with Gasteiger partial charge in [-0.05, 0) is 29.8 Å². The predicted molar refractivity (Wildman–Crippen MR) is 95.7 cm³/mol. The second-order valence-electron chi connectivity index (χ2n) is 5.35. The highest BCUT2D eigenvalue weighted by Crippen LogP contribution is 2.24. The molecule has 1 amide bonds. The van der Waals surface area contributed by atoms with Gasteiger partial charge in [-0.1, -0.05) is 24.3 Å². The van der Waals surface area contributed by atoms with Crippen molar-refractivity contribution in [3.05, 3.63) is 59.7 Å². The van der Waals surface area contributed by atoms with Crippen LogP contribution < -0.4 is 15.8 Å². The monoisotopic (exact) mass is 428 g/mol. The number of aliphatic carboxylic acids is 2. The maximum absolute atomic E-state index is 12.1. The number of benzene rings is 2. The molecule has 0 saturated heterocycles. The minimum absolute atomic E-state index is 0.0509. The van der Waals surface area contributed by atoms with Gasteiger partial charge in [-0.3, -0.25) is 4.79 Å². The molecular formula is C18H15F3N2O7. The van der Waals surface area contributed by atoms with Crippen molar-refractivity contribution in [2.24, 2.45) is 5.73 Å². The number of hydrogen-bond donors (Lipinski definition) is 4. The molecule has 0 saturated carbocycles. The molecule has 30 heavy (non-hydrogen) atoms. The van der Waals surface area contributed by atoms with Crippen LogP contribution in [0.4, 0.5) is 18.9 Å². The van der Waals surface area contributed by atoms with Crippen LogP contribution in [0.2, 0.25) is 0 Å². The minimum Gasteiger partial charge on any atom is -0.475 e. The maximum atomic E-state index is 12.1. The minimum atomic E-state index is -5.08. The van der Waals surface area contributed by atoms with Crippen LogP contribution in [-0.2, 0) is 20.9 Å². The predicted octanol–water partition coefficient (Wildman–Crippen LogP) is 2.02. The topological polar surface area (TPSA) is 156 Å². The number of carboxylic acid groups (broad SMARTS) is 2. The van der Waals surface area contributed by atoms with Gasteiger partial charge in [-0.25, -0.2) is 14.4 Å². The lowest BCUT2D eigenvalue weighted by molar-refractivity contribution is -0.192. The number of amides is 1. The Bertz CT molecular complexity index is 928. The second kappa shape index (κ2) is 10.6. The van der Waals surface area contributed by atoms with Gasteiger partial charge in [0.25, 0.3) is 0 Å². The molecule has 0 heterocycles. The Morgan fingerprint density at radius 2 is 1.50 bits per heavy atom. The van der Waals surface area contributed by atoms with Crippen LogP contribution in [0.3, 0.4) is 0 Å². The Morgan fingerprint density at radius 1 is 0.967 bits per heavy atom. The number of nitrogens with two attached hydrogens (primary N) is 1. The number of para-hydroxylation sites is 2. The van der Waals surface area contributed by atoms with Crippen molar-refractivity contribution in [2.45, 2.75) is 12.7 Å². The van der Waals surface area contributed by atoms with Gasteiger partial charge in [-0.2, -0.15) is 13.2 Å². The zero-order valence-corrected chi connectivity index (χ0v) is 15.0. The van der Waals surface area contributed by atoms with E-state index in [9.17, 15) is 27.6 Å². The number of carboxylic acids is 2. The number of alkyl halides is 3. The Kier molecular flexibility index (Phi) is 8.49. The Labute approximate surface area is 166 Å². The van der Waals surface area contributed by atoms with Gasteiger partial charge in [0, 0.05) is 6.54 Å². The van der Waals surface area contributed by atoms with Gasteiger partial charge in [0.1, 0.15) is 0 Å². The number of anilines is 1. The van der Waals surface area contributed by atoms with E-state index >= 15 is 0 Å². The number of ether oxygens (including phenoxy) is 1. The number of esters is 1. The van der Waals surface area contributed by atoms with E-state index in [4.69, 9.17) is 25.5 Å². The van der Waals surface area contributed by atoms with E-state index in [1.807, 2.05) is 0 Å². The van der Waals surface area contributed by atoms with Crippen LogP contribution in [0.1, 0.15) is 15.9 Å². The Hall–Kier alpha value is -3.93. The first-order valence-electron chi connectivity index (χ1n) is 7.90. The quantitative estimate of drug-likeness (QED) is 0.327. The number of nitrogens with one attached hydrogen (secondary N) is 1. The van der Waals surface area contributed by atoms with Crippen molar-refractivity contribution in [3.8, 4) is 5.75 Å². The largest absolute Gasteiger partial charge is 0.490 e. The molecule has 2 rings (SSSR count). The molecule has 0 fully saturated rings. The summed E-state index contributed by atoms with van der Waals surface area (Å²) in [5, 5.41) is 17.9. The molecule has 5 N–H and O–H groups in total. The van der Waals surface area contributed by atoms with Gasteiger partial charge in [-0.15, -0.1) is 0 Å². The molecule has 0 unspecified atom stereocenters. The van der Waals surface area contributed by atoms with E-state index in [1.165, 1.54) is 12.1 Å². The van der Waals surface area contributed by atoms with E-state index < -0.39 is 30.0 Å². The van der Waals surface area contributed by atoms with E-state index in [2.05, 4.69) is 5.32 Å². The van der Waals surface area contributed by atoms with Crippen molar-refractivity contribution >= 4 is 29.5 Å². The van der Waals surface area contributed by atoms with Crippen molar-refractivity contribution in [1.82, 2.24) is 0 Å². The van der Waals surface area contributed by atoms with Crippen molar-refractivity contribution in [3.63, 3.8) is 0 Å². The van der Waals surface area contributed by atoms with E-state index in [-0.39, 0.29) is 11.4 Å². The molecule has 0 aliphatic carbocycles. The molecule has 12 heteroatoms. The molecule has 0 aromatic heterocycles. The fourth-order valence-electron chi connectivity index (χ4n) is 1.77. The summed E-state index contributed by atoms with van der Waals surface area (Å²) in [7, 11) is 0. The number of carbonyl (C=O) groups is 4. The number of hydrogen-bond acceptors (Lipinski definition) is 6. The zero-order valence-electron chi connectivity index (χ0n) is 15.0. The van der Waals surface area contributed by atoms with Gasteiger partial charge in [0.2, 0.25) is 0 Å². The number of carbonyl (C=O) groups excluding carboxylic acids is 2. The molecule has 2 aromatic carbocycles. The average molecular weight is 428 g/mol. The molecular weight excluding hydrogens is 413 g/mol. The van der Waals surface area contributed by atoms with Crippen molar-refractivity contribution in [1.29, 1.82) is 0 Å². The summed E-state index contributed by atoms with van der Waals surface area (Å²) >= 11 is 0. The normalized spacial score (nSPS) is 10.3. The summed E-state index contributed by atoms with van der Waals surface area (Å²) < 4.78 is 36.9. The third-order valence-corrected chi connectivity index (χ3v) is 3.20. The van der Waals surface area contributed by atoms with Crippen LogP contribution in [0, 0.1) is 0 Å². The highest BCUT2D eigenvalue weighted by Gasteiger charge is 2.38. The highest BCUT2D eigenvalue weighted by molar-refractivity contribution is 6.36. The fourth-order valence-corrected chi connectivity index (χ4v) is 1.77. The second-order valence-corrected chi connectivity index (χ2v) is 5.35. The summed E-state index contributed by atoms with van der Waals surface area (Å²) in [6.45, 7) is 0.360. The first-order valence-corrected chi connectivity index (χ1v) is 7.90. The fraction of sp³-hybridized carbons (Fsp3) is 0.111. The van der Waals surface area contributed by atoms with Crippen LogP contribution in [-0.4, -0.2) is 40.2 Å². The third kappa shape index (κ3) is 7.59. The van der Waals surface area contributed by atoms with Gasteiger partial charge < -0.3 is 26.0 Å². The van der Waals surface area contributed by atoms with Crippen LogP contribution >= 0.6 is 0 Å². The van der Waals surface area contributed by atoms with Gasteiger partial charge in [0.15, 0.2) is 5.75 Å². The Morgan fingerprint density at radius 3 is 1.97 bits per heavy atom. The SMILES string of the molecule is NCc1ccc(C(=O)Oc2ccccc2NC(=O)C(=O)O)cc1.O=C(O)C(F)(F)F. The molecule has 0 bridgehead atoms. The van der Waals surface area contributed by atoms with Gasteiger partial charge >= 0.3 is 30.0 Å². The summed E-state index contributed by atoms with van der Waals surface area (Å²) in [4.78, 5) is 42.8. The average Bonchev–Trinajstić information content (AvgIpc) is 2.69.